The maximum atomic E-state index is 13.0. The Balaban J connectivity index is 1.33. The van der Waals surface area contributed by atoms with E-state index in [9.17, 15) is 14.7 Å². The zero-order valence-electron chi connectivity index (χ0n) is 16.3. The Labute approximate surface area is 170 Å². The average molecular weight is 391 g/mol. The molecule has 1 N–H and O–H groups in total. The summed E-state index contributed by atoms with van der Waals surface area (Å²) < 4.78 is 5.85. The van der Waals surface area contributed by atoms with E-state index >= 15 is 0 Å². The molecule has 2 fully saturated rings. The molecule has 2 aliphatic carbocycles. The van der Waals surface area contributed by atoms with Gasteiger partial charge in [-0.05, 0) is 54.4 Å². The molecule has 1 saturated heterocycles. The number of piperidine rings is 1. The van der Waals surface area contributed by atoms with Gasteiger partial charge in [0.25, 0.3) is 0 Å². The first-order valence-electron chi connectivity index (χ1n) is 10.4. The van der Waals surface area contributed by atoms with Gasteiger partial charge in [-0.2, -0.15) is 0 Å². The summed E-state index contributed by atoms with van der Waals surface area (Å²) in [7, 11) is 0. The van der Waals surface area contributed by atoms with E-state index in [1.165, 1.54) is 22.3 Å². The zero-order valence-corrected chi connectivity index (χ0v) is 16.3. The van der Waals surface area contributed by atoms with Gasteiger partial charge in [-0.15, -0.1) is 0 Å². The lowest BCUT2D eigenvalue weighted by molar-refractivity contribution is -0.147. The number of amides is 1. The number of carboxylic acid groups (broad SMARTS) is 1. The van der Waals surface area contributed by atoms with Gasteiger partial charge in [-0.3, -0.25) is 4.79 Å². The van der Waals surface area contributed by atoms with Crippen molar-refractivity contribution >= 4 is 12.1 Å². The predicted molar refractivity (Wildman–Crippen MR) is 109 cm³/mol. The normalized spacial score (nSPS) is 21.9. The number of rotatable bonds is 3. The number of hydrogen-bond donors (Lipinski definition) is 1. The lowest BCUT2D eigenvalue weighted by Gasteiger charge is -2.53. The van der Waals surface area contributed by atoms with E-state index in [0.717, 1.165) is 19.3 Å². The number of hydrogen-bond acceptors (Lipinski definition) is 3. The minimum absolute atomic E-state index is 0.0419. The van der Waals surface area contributed by atoms with Gasteiger partial charge in [-0.25, -0.2) is 4.79 Å². The third-order valence-electron chi connectivity index (χ3n) is 7.09. The lowest BCUT2D eigenvalue weighted by atomic mass is 9.67. The minimum atomic E-state index is -0.747. The van der Waals surface area contributed by atoms with Crippen LogP contribution in [0, 0.1) is 5.92 Å². The van der Waals surface area contributed by atoms with Gasteiger partial charge in [0.1, 0.15) is 6.61 Å². The Morgan fingerprint density at radius 2 is 1.66 bits per heavy atom. The van der Waals surface area contributed by atoms with Crippen molar-refractivity contribution in [1.29, 1.82) is 0 Å². The first-order chi connectivity index (χ1) is 14.1. The van der Waals surface area contributed by atoms with Crippen molar-refractivity contribution in [3.05, 3.63) is 59.7 Å². The number of benzene rings is 2. The topological polar surface area (TPSA) is 66.8 Å². The number of carbonyl (C=O) groups excluding carboxylic acids is 1. The van der Waals surface area contributed by atoms with E-state index in [1.807, 2.05) is 29.2 Å². The maximum absolute atomic E-state index is 13.0. The van der Waals surface area contributed by atoms with Crippen molar-refractivity contribution in [2.45, 2.75) is 43.6 Å². The first-order valence-corrected chi connectivity index (χ1v) is 10.4. The van der Waals surface area contributed by atoms with Gasteiger partial charge < -0.3 is 14.7 Å². The third kappa shape index (κ3) is 2.91. The Morgan fingerprint density at radius 3 is 2.21 bits per heavy atom. The van der Waals surface area contributed by atoms with Gasteiger partial charge in [-0.1, -0.05) is 48.5 Å². The van der Waals surface area contributed by atoms with Crippen LogP contribution in [0.3, 0.4) is 0 Å². The van der Waals surface area contributed by atoms with Crippen molar-refractivity contribution in [3.8, 4) is 11.1 Å². The molecule has 1 heterocycles. The Morgan fingerprint density at radius 1 is 1.03 bits per heavy atom. The molecule has 0 bridgehead atoms. The second-order valence-electron chi connectivity index (χ2n) is 8.56. The number of likely N-dealkylation sites (tertiary alicyclic amines) is 1. The molecule has 29 heavy (non-hydrogen) atoms. The van der Waals surface area contributed by atoms with Crippen molar-refractivity contribution < 1.29 is 19.4 Å². The van der Waals surface area contributed by atoms with Crippen LogP contribution in [-0.2, 0) is 9.53 Å². The second kappa shape index (κ2) is 6.90. The Bertz CT molecular complexity index is 919. The van der Waals surface area contributed by atoms with Crippen molar-refractivity contribution in [2.24, 2.45) is 5.92 Å². The molecule has 2 aromatic carbocycles. The summed E-state index contributed by atoms with van der Waals surface area (Å²) in [4.78, 5) is 26.3. The standard InChI is InChI=1S/C24H25NO4/c26-22(27)16-10-13-25(24(14-16)11-5-12-24)23(28)29-15-21-19-8-3-1-6-17(19)18-7-2-4-9-20(18)21/h1-4,6-9,16,21H,5,10-15H2,(H,26,27). The van der Waals surface area contributed by atoms with Gasteiger partial charge in [0, 0.05) is 18.0 Å². The van der Waals surface area contributed by atoms with Gasteiger partial charge >= 0.3 is 12.1 Å². The van der Waals surface area contributed by atoms with Crippen molar-refractivity contribution in [2.75, 3.05) is 13.2 Å². The van der Waals surface area contributed by atoms with Crippen molar-refractivity contribution in [1.82, 2.24) is 4.90 Å². The molecule has 1 atom stereocenters. The summed E-state index contributed by atoms with van der Waals surface area (Å²) in [6, 6.07) is 16.6. The average Bonchev–Trinajstić information content (AvgIpc) is 3.04. The summed E-state index contributed by atoms with van der Waals surface area (Å²) in [5.41, 5.74) is 4.50. The number of carbonyl (C=O) groups is 2. The van der Waals surface area contributed by atoms with Crippen LogP contribution in [-0.4, -0.2) is 40.8 Å². The molecule has 3 aliphatic rings. The molecule has 1 saturated carbocycles. The van der Waals surface area contributed by atoms with Gasteiger partial charge in [0.2, 0.25) is 0 Å². The molecule has 5 heteroatoms. The van der Waals surface area contributed by atoms with Crippen LogP contribution in [0.15, 0.2) is 48.5 Å². The monoisotopic (exact) mass is 391 g/mol. The summed E-state index contributed by atoms with van der Waals surface area (Å²) in [5, 5.41) is 9.41. The van der Waals surface area contributed by atoms with Gasteiger partial charge in [0.15, 0.2) is 0 Å². The largest absolute Gasteiger partial charge is 0.481 e. The fraction of sp³-hybridized carbons (Fsp3) is 0.417. The van der Waals surface area contributed by atoms with Crippen LogP contribution in [0.25, 0.3) is 11.1 Å². The van der Waals surface area contributed by atoms with E-state index in [1.54, 1.807) is 0 Å². The summed E-state index contributed by atoms with van der Waals surface area (Å²) in [5.74, 6) is -1.06. The predicted octanol–water partition coefficient (Wildman–Crippen LogP) is 4.65. The number of ether oxygens (including phenoxy) is 1. The molecule has 5 nitrogen and oxygen atoms in total. The summed E-state index contributed by atoms with van der Waals surface area (Å²) >= 11 is 0. The number of fused-ring (bicyclic) bond motifs is 3. The quantitative estimate of drug-likeness (QED) is 0.827. The van der Waals surface area contributed by atoms with Crippen molar-refractivity contribution in [3.63, 3.8) is 0 Å². The second-order valence-corrected chi connectivity index (χ2v) is 8.56. The van der Waals surface area contributed by atoms with Crippen LogP contribution in [0.1, 0.15) is 49.1 Å². The highest BCUT2D eigenvalue weighted by Crippen LogP contribution is 2.47. The van der Waals surface area contributed by atoms with Crippen LogP contribution in [0.2, 0.25) is 0 Å². The van der Waals surface area contributed by atoms with Crippen LogP contribution in [0.4, 0.5) is 4.79 Å². The van der Waals surface area contributed by atoms with Gasteiger partial charge in [0.05, 0.1) is 5.92 Å². The highest BCUT2D eigenvalue weighted by molar-refractivity contribution is 5.79. The smallest absolute Gasteiger partial charge is 0.410 e. The fourth-order valence-electron chi connectivity index (χ4n) is 5.42. The number of aliphatic carboxylic acids is 1. The van der Waals surface area contributed by atoms with E-state index in [4.69, 9.17) is 4.74 Å². The molecule has 2 aromatic rings. The number of nitrogens with zero attached hydrogens (tertiary/aromatic N) is 1. The van der Waals surface area contributed by atoms with Crippen LogP contribution in [0.5, 0.6) is 0 Å². The molecule has 1 unspecified atom stereocenters. The highest BCUT2D eigenvalue weighted by Gasteiger charge is 2.50. The molecule has 1 aliphatic heterocycles. The van der Waals surface area contributed by atoms with Crippen LogP contribution < -0.4 is 0 Å². The van der Waals surface area contributed by atoms with E-state index in [-0.39, 0.29) is 23.5 Å². The summed E-state index contributed by atoms with van der Waals surface area (Å²) in [6.07, 6.45) is 3.55. The molecule has 0 radical (unpaired) electrons. The minimum Gasteiger partial charge on any atom is -0.481 e. The lowest BCUT2D eigenvalue weighted by Crippen LogP contribution is -2.61. The Kier molecular flexibility index (Phi) is 4.34. The SMILES string of the molecule is O=C(O)C1CCN(C(=O)OCC2c3ccccc3-c3ccccc32)C2(CCC2)C1. The van der Waals surface area contributed by atoms with E-state index in [0.29, 0.717) is 26.0 Å². The molecule has 5 rings (SSSR count). The molecular formula is C24H25NO4. The maximum Gasteiger partial charge on any atom is 0.410 e. The molecular weight excluding hydrogens is 366 g/mol. The molecule has 0 aromatic heterocycles. The van der Waals surface area contributed by atoms with E-state index in [2.05, 4.69) is 24.3 Å². The highest BCUT2D eigenvalue weighted by atomic mass is 16.6. The first kappa shape index (κ1) is 18.2. The molecule has 150 valence electrons. The third-order valence-corrected chi connectivity index (χ3v) is 7.09. The number of carboxylic acids is 1. The molecule has 1 amide bonds. The molecule has 1 spiro atoms. The zero-order chi connectivity index (χ0) is 20.0. The van der Waals surface area contributed by atoms with Crippen LogP contribution >= 0.6 is 0 Å². The van der Waals surface area contributed by atoms with E-state index < -0.39 is 5.97 Å². The Hall–Kier alpha value is -2.82. The summed E-state index contributed by atoms with van der Waals surface area (Å²) in [6.45, 7) is 0.773. The fourth-order valence-corrected chi connectivity index (χ4v) is 5.42.